The Bertz CT molecular complexity index is 924. The number of piperidine rings is 1. The molecule has 0 aromatic heterocycles. The minimum atomic E-state index is 0.342. The molecule has 0 aliphatic carbocycles. The monoisotopic (exact) mass is 763 g/mol. The number of rotatable bonds is 0. The van der Waals surface area contributed by atoms with Crippen LogP contribution in [0.5, 0.6) is 0 Å². The van der Waals surface area contributed by atoms with Gasteiger partial charge in [-0.05, 0) is 181 Å². The van der Waals surface area contributed by atoms with Crippen molar-refractivity contribution in [3.63, 3.8) is 0 Å². The average Bonchev–Trinajstić information content (AvgIpc) is 3.63. The van der Waals surface area contributed by atoms with Crippen molar-refractivity contribution in [2.45, 2.75) is 240 Å². The summed E-state index contributed by atoms with van der Waals surface area (Å²) >= 11 is 0. The zero-order valence-corrected chi connectivity index (χ0v) is 42.6. The lowest BCUT2D eigenvalue weighted by atomic mass is 9.74. The summed E-state index contributed by atoms with van der Waals surface area (Å²) in [5.74, 6) is 2.70. The van der Waals surface area contributed by atoms with Gasteiger partial charge in [-0.1, -0.05) is 96.9 Å². The molecule has 4 aliphatic heterocycles. The minimum absolute atomic E-state index is 0.342. The maximum absolute atomic E-state index is 2.67. The molecule has 2 unspecified atom stereocenters. The van der Waals surface area contributed by atoms with Gasteiger partial charge in [-0.15, -0.1) is 0 Å². The summed E-state index contributed by atoms with van der Waals surface area (Å²) in [5.41, 5.74) is 3.37. The van der Waals surface area contributed by atoms with Crippen molar-refractivity contribution >= 4 is 0 Å². The van der Waals surface area contributed by atoms with Gasteiger partial charge in [0.1, 0.15) is 0 Å². The van der Waals surface area contributed by atoms with Crippen LogP contribution in [0.1, 0.15) is 212 Å². The normalized spacial score (nSPS) is 23.9. The van der Waals surface area contributed by atoms with Gasteiger partial charge in [0.15, 0.2) is 0 Å². The highest BCUT2D eigenvalue weighted by molar-refractivity contribution is 4.95. The third kappa shape index (κ3) is 18.6. The second-order valence-corrected chi connectivity index (χ2v) is 25.8. The first-order valence-corrected chi connectivity index (χ1v) is 22.9. The fourth-order valence-corrected chi connectivity index (χ4v) is 8.54. The van der Waals surface area contributed by atoms with Gasteiger partial charge in [0.25, 0.3) is 0 Å². The number of likely N-dealkylation sites (tertiary alicyclic amines) is 4. The second-order valence-electron chi connectivity index (χ2n) is 25.8. The van der Waals surface area contributed by atoms with Gasteiger partial charge >= 0.3 is 0 Å². The van der Waals surface area contributed by atoms with Crippen LogP contribution in [0.2, 0.25) is 0 Å². The second kappa shape index (κ2) is 20.2. The molecule has 0 saturated carbocycles. The highest BCUT2D eigenvalue weighted by Gasteiger charge is 2.41. The van der Waals surface area contributed by atoms with Gasteiger partial charge in [-0.2, -0.15) is 0 Å². The standard InChI is InChI=1S/C13H27N.2C12H25N.C11H23N.C2H6/c1-12(2,3)11-7-9-14(10-8-11)13(4,5)6;1-11(2,3)10-7-8-13(9-10)12(4,5)6;1-11(2,3)10-8-7-9-13(10)12(4,5)6;1-10(2,3)9-7-12(8-9)11(4,5)6;1-2/h11H,7-10H2,1-6H3;2*10H,7-9H2,1-6H3;9H,7-8H2,1-6H3;1-2H3. The summed E-state index contributed by atoms with van der Waals surface area (Å²) < 4.78 is 0. The molecule has 4 rings (SSSR count). The lowest BCUT2D eigenvalue weighted by Crippen LogP contribution is -2.59. The van der Waals surface area contributed by atoms with Crippen LogP contribution in [0.3, 0.4) is 0 Å². The molecule has 0 spiro atoms. The van der Waals surface area contributed by atoms with Crippen molar-refractivity contribution in [3.05, 3.63) is 0 Å². The maximum Gasteiger partial charge on any atom is 0.0149 e. The Balaban J connectivity index is 0.000000683. The van der Waals surface area contributed by atoms with Gasteiger partial charge in [-0.25, -0.2) is 0 Å². The minimum Gasteiger partial charge on any atom is -0.298 e. The van der Waals surface area contributed by atoms with Gasteiger partial charge in [-0.3, -0.25) is 19.6 Å². The molecule has 4 saturated heterocycles. The molecular weight excluding hydrogens is 657 g/mol. The van der Waals surface area contributed by atoms with Crippen molar-refractivity contribution < 1.29 is 0 Å². The Morgan fingerprint density at radius 1 is 0.315 bits per heavy atom. The number of nitrogens with zero attached hydrogens (tertiary/aromatic N) is 4. The van der Waals surface area contributed by atoms with Crippen molar-refractivity contribution in [1.82, 2.24) is 19.6 Å². The molecule has 4 aliphatic rings. The summed E-state index contributed by atoms with van der Waals surface area (Å²) in [6, 6.07) is 0.771. The van der Waals surface area contributed by atoms with Crippen molar-refractivity contribution in [2.24, 2.45) is 39.4 Å². The predicted octanol–water partition coefficient (Wildman–Crippen LogP) is 13.8. The van der Waals surface area contributed by atoms with Gasteiger partial charge in [0.05, 0.1) is 0 Å². The Morgan fingerprint density at radius 3 is 0.907 bits per heavy atom. The predicted molar refractivity (Wildman–Crippen MR) is 247 cm³/mol. The van der Waals surface area contributed by atoms with Crippen LogP contribution in [0.15, 0.2) is 0 Å². The topological polar surface area (TPSA) is 13.0 Å². The molecule has 0 bridgehead atoms. The van der Waals surface area contributed by atoms with E-state index < -0.39 is 0 Å². The van der Waals surface area contributed by atoms with Crippen LogP contribution in [-0.4, -0.2) is 93.6 Å². The quantitative estimate of drug-likeness (QED) is 0.244. The fraction of sp³-hybridized carbons (Fsp3) is 1.00. The third-order valence-electron chi connectivity index (χ3n) is 13.2. The molecule has 4 heteroatoms. The summed E-state index contributed by atoms with van der Waals surface area (Å²) in [6.07, 6.45) is 6.88. The Morgan fingerprint density at radius 2 is 0.648 bits per heavy atom. The molecule has 0 aromatic rings. The molecule has 54 heavy (non-hydrogen) atoms. The molecule has 4 nitrogen and oxygen atoms in total. The first kappa shape index (κ1) is 53.8. The molecule has 0 radical (unpaired) electrons. The number of hydrogen-bond acceptors (Lipinski definition) is 4. The molecule has 2 atom stereocenters. The summed E-state index contributed by atoms with van der Waals surface area (Å²) in [4.78, 5) is 10.5. The highest BCUT2D eigenvalue weighted by Crippen LogP contribution is 2.39. The molecule has 326 valence electrons. The zero-order chi connectivity index (χ0) is 43.1. The van der Waals surface area contributed by atoms with Crippen molar-refractivity contribution in [1.29, 1.82) is 0 Å². The summed E-state index contributed by atoms with van der Waals surface area (Å²) in [5, 5.41) is 0. The zero-order valence-electron chi connectivity index (χ0n) is 42.6. The van der Waals surface area contributed by atoms with E-state index in [9.17, 15) is 0 Å². The van der Waals surface area contributed by atoms with E-state index in [-0.39, 0.29) is 0 Å². The van der Waals surface area contributed by atoms with E-state index in [2.05, 4.69) is 186 Å². The van der Waals surface area contributed by atoms with E-state index in [1.807, 2.05) is 13.8 Å². The van der Waals surface area contributed by atoms with Gasteiger partial charge < -0.3 is 0 Å². The molecule has 0 amide bonds. The lowest BCUT2D eigenvalue weighted by Gasteiger charge is -2.52. The fourth-order valence-electron chi connectivity index (χ4n) is 8.54. The Hall–Kier alpha value is -0.160. The van der Waals surface area contributed by atoms with Crippen LogP contribution >= 0.6 is 0 Å². The van der Waals surface area contributed by atoms with Crippen molar-refractivity contribution in [3.8, 4) is 0 Å². The SMILES string of the molecule is CC.CC(C)(C)C1CCCN1C(C)(C)C.CC(C)(C)C1CCN(C(C)(C)C)C1.CC(C)(C)C1CCN(C(C)(C)C)CC1.CC(C)(C)C1CN(C(C)(C)C)C1. The Kier molecular flexibility index (Phi) is 20.1. The molecule has 0 N–H and O–H groups in total. The molecular formula is C50H106N4. The largest absolute Gasteiger partial charge is 0.298 e. The third-order valence-corrected chi connectivity index (χ3v) is 13.2. The Labute approximate surface area is 344 Å². The van der Waals surface area contributed by atoms with Crippen LogP contribution < -0.4 is 0 Å². The van der Waals surface area contributed by atoms with Crippen molar-refractivity contribution in [2.75, 3.05) is 45.8 Å². The van der Waals surface area contributed by atoms with Crippen LogP contribution in [-0.2, 0) is 0 Å². The first-order valence-electron chi connectivity index (χ1n) is 22.9. The van der Waals surface area contributed by atoms with Gasteiger partial charge in [0, 0.05) is 47.8 Å². The van der Waals surface area contributed by atoms with E-state index in [1.165, 1.54) is 77.9 Å². The van der Waals surface area contributed by atoms with Crippen LogP contribution in [0.25, 0.3) is 0 Å². The van der Waals surface area contributed by atoms with E-state index >= 15 is 0 Å². The lowest BCUT2D eigenvalue weighted by molar-refractivity contribution is -0.0345. The molecule has 4 fully saturated rings. The average molecular weight is 763 g/mol. The summed E-state index contributed by atoms with van der Waals surface area (Å²) in [6.45, 7) is 69.2. The van der Waals surface area contributed by atoms with E-state index in [4.69, 9.17) is 0 Å². The van der Waals surface area contributed by atoms with Gasteiger partial charge in [0.2, 0.25) is 0 Å². The molecule has 4 heterocycles. The highest BCUT2D eigenvalue weighted by atomic mass is 15.2. The summed E-state index contributed by atoms with van der Waals surface area (Å²) in [7, 11) is 0. The van der Waals surface area contributed by atoms with E-state index in [0.29, 0.717) is 43.8 Å². The van der Waals surface area contributed by atoms with E-state index in [1.54, 1.807) is 0 Å². The first-order chi connectivity index (χ1) is 23.9. The van der Waals surface area contributed by atoms with Crippen LogP contribution in [0, 0.1) is 39.4 Å². The molecule has 0 aromatic carbocycles. The van der Waals surface area contributed by atoms with Crippen LogP contribution in [0.4, 0.5) is 0 Å². The number of hydrogen-bond donors (Lipinski definition) is 0. The van der Waals surface area contributed by atoms with E-state index in [0.717, 1.165) is 23.8 Å². The maximum atomic E-state index is 2.67. The smallest absolute Gasteiger partial charge is 0.0149 e.